The van der Waals surface area contributed by atoms with Crippen molar-refractivity contribution in [2.24, 2.45) is 5.92 Å². The number of hydrogen-bond donors (Lipinski definition) is 1. The zero-order valence-electron chi connectivity index (χ0n) is 12.7. The number of aliphatic carboxylic acids is 1. The van der Waals surface area contributed by atoms with Gasteiger partial charge in [-0.15, -0.1) is 0 Å². The molecule has 1 heterocycles. The van der Waals surface area contributed by atoms with Crippen molar-refractivity contribution in [2.75, 3.05) is 6.54 Å². The van der Waals surface area contributed by atoms with Gasteiger partial charge < -0.3 is 9.84 Å². The highest BCUT2D eigenvalue weighted by Crippen LogP contribution is 2.30. The van der Waals surface area contributed by atoms with E-state index in [-0.39, 0.29) is 6.54 Å². The van der Waals surface area contributed by atoms with Gasteiger partial charge in [0.05, 0.1) is 10.8 Å². The minimum Gasteiger partial charge on any atom is -0.481 e. The number of sulfonamides is 1. The number of benzene rings is 1. The van der Waals surface area contributed by atoms with E-state index in [9.17, 15) is 26.4 Å². The van der Waals surface area contributed by atoms with Crippen molar-refractivity contribution in [2.45, 2.75) is 37.3 Å². The summed E-state index contributed by atoms with van der Waals surface area (Å²) in [5, 5.41) is 9.07. The summed E-state index contributed by atoms with van der Waals surface area (Å²) in [4.78, 5) is 10.7. The van der Waals surface area contributed by atoms with E-state index in [2.05, 4.69) is 4.74 Å². The lowest BCUT2D eigenvalue weighted by Gasteiger charge is -2.35. The van der Waals surface area contributed by atoms with Crippen LogP contribution in [0.15, 0.2) is 23.1 Å². The summed E-state index contributed by atoms with van der Waals surface area (Å²) in [6.45, 7) is -1.84. The van der Waals surface area contributed by atoms with E-state index in [4.69, 9.17) is 5.11 Å². The molecule has 0 saturated carbocycles. The van der Waals surface area contributed by atoms with Crippen LogP contribution in [-0.2, 0) is 14.8 Å². The Bertz CT molecular complexity index is 725. The Morgan fingerprint density at radius 2 is 2.04 bits per heavy atom. The second kappa shape index (κ2) is 6.98. The van der Waals surface area contributed by atoms with E-state index in [1.165, 1.54) is 0 Å². The Morgan fingerprint density at radius 3 is 2.58 bits per heavy atom. The number of halogens is 3. The second-order valence-electron chi connectivity index (χ2n) is 5.51. The first-order valence-corrected chi connectivity index (χ1v) is 8.56. The number of rotatable bonds is 5. The molecule has 0 radical (unpaired) electrons. The molecule has 1 aliphatic rings. The van der Waals surface area contributed by atoms with E-state index in [1.807, 2.05) is 0 Å². The van der Waals surface area contributed by atoms with Gasteiger partial charge in [0.15, 0.2) is 11.6 Å². The second-order valence-corrected chi connectivity index (χ2v) is 7.40. The van der Waals surface area contributed by atoms with Gasteiger partial charge in [0.25, 0.3) is 0 Å². The molecule has 1 aromatic carbocycles. The Kier molecular flexibility index (Phi) is 5.38. The van der Waals surface area contributed by atoms with Crippen molar-refractivity contribution in [1.82, 2.24) is 4.31 Å². The molecule has 24 heavy (non-hydrogen) atoms. The van der Waals surface area contributed by atoms with E-state index in [0.29, 0.717) is 18.9 Å². The lowest BCUT2D eigenvalue weighted by atomic mass is 9.96. The molecule has 0 spiro atoms. The largest absolute Gasteiger partial charge is 0.481 e. The van der Waals surface area contributed by atoms with Crippen LogP contribution >= 0.6 is 0 Å². The van der Waals surface area contributed by atoms with Gasteiger partial charge in [-0.1, -0.05) is 0 Å². The molecule has 0 amide bonds. The zero-order valence-corrected chi connectivity index (χ0v) is 13.5. The number of carboxylic acids is 1. The Hall–Kier alpha value is -1.81. The molecule has 0 aliphatic carbocycles. The van der Waals surface area contributed by atoms with Crippen molar-refractivity contribution >= 4 is 16.0 Å². The fourth-order valence-electron chi connectivity index (χ4n) is 2.58. The van der Waals surface area contributed by atoms with E-state index >= 15 is 0 Å². The van der Waals surface area contributed by atoms with Gasteiger partial charge in [-0.05, 0) is 38.0 Å². The number of carbonyl (C=O) groups is 1. The third-order valence-corrected chi connectivity index (χ3v) is 5.88. The summed E-state index contributed by atoms with van der Waals surface area (Å²) < 4.78 is 68.2. The standard InChI is InChI=1S/C14H16F3NO5S/c1-8-2-3-9(13(19)20)7-18(8)24(21,22)10-4-5-12(11(15)6-10)23-14(16)17/h4-6,8-9,14H,2-3,7H2,1H3,(H,19,20). The van der Waals surface area contributed by atoms with Crippen LogP contribution in [0.3, 0.4) is 0 Å². The van der Waals surface area contributed by atoms with Crippen LogP contribution < -0.4 is 4.74 Å². The van der Waals surface area contributed by atoms with Gasteiger partial charge >= 0.3 is 12.6 Å². The molecule has 2 unspecified atom stereocenters. The number of carboxylic acid groups (broad SMARTS) is 1. The quantitative estimate of drug-likeness (QED) is 0.863. The first kappa shape index (κ1) is 18.5. The summed E-state index contributed by atoms with van der Waals surface area (Å²) >= 11 is 0. The van der Waals surface area contributed by atoms with Gasteiger partial charge in [0.1, 0.15) is 0 Å². The highest BCUT2D eigenvalue weighted by molar-refractivity contribution is 7.89. The van der Waals surface area contributed by atoms with Gasteiger partial charge in [-0.3, -0.25) is 4.79 Å². The topological polar surface area (TPSA) is 83.9 Å². The van der Waals surface area contributed by atoms with Crippen molar-refractivity contribution in [3.8, 4) is 5.75 Å². The Balaban J connectivity index is 2.32. The van der Waals surface area contributed by atoms with Gasteiger partial charge in [0.2, 0.25) is 10.0 Å². The third-order valence-electron chi connectivity index (χ3n) is 3.90. The minimum absolute atomic E-state index is 0.226. The zero-order chi connectivity index (χ0) is 18.1. The van der Waals surface area contributed by atoms with Gasteiger partial charge in [0, 0.05) is 12.6 Å². The summed E-state index contributed by atoms with van der Waals surface area (Å²) in [5.74, 6) is -3.95. The number of hydrogen-bond acceptors (Lipinski definition) is 4. The molecule has 1 aliphatic heterocycles. The fourth-order valence-corrected chi connectivity index (χ4v) is 4.30. The van der Waals surface area contributed by atoms with Crippen molar-refractivity contribution in [1.29, 1.82) is 0 Å². The lowest BCUT2D eigenvalue weighted by molar-refractivity contribution is -0.143. The van der Waals surface area contributed by atoms with Crippen molar-refractivity contribution in [3.05, 3.63) is 24.0 Å². The van der Waals surface area contributed by atoms with E-state index < -0.39 is 51.0 Å². The molecule has 1 aromatic rings. The summed E-state index contributed by atoms with van der Waals surface area (Å²) in [5.41, 5.74) is 0. The Labute approximate surface area is 136 Å². The molecule has 0 bridgehead atoms. The molecule has 134 valence electrons. The minimum atomic E-state index is -4.16. The number of nitrogens with zero attached hydrogens (tertiary/aromatic N) is 1. The van der Waals surface area contributed by atoms with Crippen LogP contribution in [0, 0.1) is 11.7 Å². The molecule has 1 N–H and O–H groups in total. The average Bonchev–Trinajstić information content (AvgIpc) is 2.48. The maximum Gasteiger partial charge on any atom is 0.387 e. The SMILES string of the molecule is CC1CCC(C(=O)O)CN1S(=O)(=O)c1ccc(OC(F)F)c(F)c1. The molecular weight excluding hydrogens is 351 g/mol. The maximum atomic E-state index is 13.8. The highest BCUT2D eigenvalue weighted by Gasteiger charge is 2.37. The predicted octanol–water partition coefficient (Wildman–Crippen LogP) is 2.30. The van der Waals surface area contributed by atoms with Gasteiger partial charge in [-0.2, -0.15) is 13.1 Å². The van der Waals surface area contributed by atoms with E-state index in [1.54, 1.807) is 6.92 Å². The normalized spacial score (nSPS) is 22.5. The third kappa shape index (κ3) is 3.81. The van der Waals surface area contributed by atoms with Crippen LogP contribution in [0.4, 0.5) is 13.2 Å². The van der Waals surface area contributed by atoms with Crippen molar-refractivity contribution in [3.63, 3.8) is 0 Å². The molecular formula is C14H16F3NO5S. The van der Waals surface area contributed by atoms with Crippen LogP contribution in [0.1, 0.15) is 19.8 Å². The monoisotopic (exact) mass is 367 g/mol. The van der Waals surface area contributed by atoms with Gasteiger partial charge in [-0.25, -0.2) is 12.8 Å². The molecule has 1 fully saturated rings. The average molecular weight is 367 g/mol. The maximum absolute atomic E-state index is 13.8. The first-order valence-electron chi connectivity index (χ1n) is 7.12. The fraction of sp³-hybridized carbons (Fsp3) is 0.500. The van der Waals surface area contributed by atoms with Crippen LogP contribution in [0.25, 0.3) is 0 Å². The molecule has 6 nitrogen and oxygen atoms in total. The smallest absolute Gasteiger partial charge is 0.387 e. The van der Waals surface area contributed by atoms with Crippen molar-refractivity contribution < 1.29 is 36.2 Å². The van der Waals surface area contributed by atoms with E-state index in [0.717, 1.165) is 16.4 Å². The van der Waals surface area contributed by atoms with Crippen LogP contribution in [0.2, 0.25) is 0 Å². The van der Waals surface area contributed by atoms with Crippen LogP contribution in [-0.4, -0.2) is 43.0 Å². The number of piperidine rings is 1. The summed E-state index contributed by atoms with van der Waals surface area (Å²) in [6.07, 6.45) is 0.698. The first-order chi connectivity index (χ1) is 11.1. The highest BCUT2D eigenvalue weighted by atomic mass is 32.2. The molecule has 2 atom stereocenters. The number of ether oxygens (including phenoxy) is 1. The predicted molar refractivity (Wildman–Crippen MR) is 76.7 cm³/mol. The molecule has 2 rings (SSSR count). The Morgan fingerprint density at radius 1 is 1.38 bits per heavy atom. The summed E-state index contributed by atoms with van der Waals surface area (Å²) in [7, 11) is -4.16. The molecule has 1 saturated heterocycles. The van der Waals surface area contributed by atoms with Crippen LogP contribution in [0.5, 0.6) is 5.75 Å². The summed E-state index contributed by atoms with van der Waals surface area (Å²) in [6, 6.07) is 1.89. The molecule has 10 heteroatoms. The molecule has 0 aromatic heterocycles. The lowest BCUT2D eigenvalue weighted by Crippen LogP contribution is -2.47. The number of alkyl halides is 2.